The van der Waals surface area contributed by atoms with Crippen molar-refractivity contribution < 1.29 is 85.4 Å². The van der Waals surface area contributed by atoms with Crippen LogP contribution in [0.25, 0.3) is 0 Å². The van der Waals surface area contributed by atoms with Crippen LogP contribution in [-0.4, -0.2) is 118 Å². The van der Waals surface area contributed by atoms with Crippen molar-refractivity contribution in [3.05, 3.63) is 294 Å². The summed E-state index contributed by atoms with van der Waals surface area (Å²) in [7, 11) is -11.4. The zero-order valence-corrected chi connectivity index (χ0v) is 78.9. The highest BCUT2D eigenvalue weighted by Gasteiger charge is 2.21. The van der Waals surface area contributed by atoms with Gasteiger partial charge in [0, 0.05) is 11.3 Å². The fourth-order valence-electron chi connectivity index (χ4n) is 12.3. The van der Waals surface area contributed by atoms with E-state index >= 15 is 0 Å². The number of benzene rings is 9. The van der Waals surface area contributed by atoms with Gasteiger partial charge in [0.1, 0.15) is 34.5 Å². The van der Waals surface area contributed by atoms with E-state index in [4.69, 9.17) is 56.0 Å². The van der Waals surface area contributed by atoms with Crippen molar-refractivity contribution in [2.75, 3.05) is 56.9 Å². The van der Waals surface area contributed by atoms with Crippen LogP contribution in [-0.2, 0) is 74.9 Å². The molecule has 0 N–H and O–H groups in total. The maximum Gasteiger partial charge on any atom is 0.297 e. The number of ether oxygens (including phenoxy) is 10. The molecule has 0 aliphatic heterocycles. The second-order valence-electron chi connectivity index (χ2n) is 30.5. The fourth-order valence-corrected chi connectivity index (χ4v) is 16.8. The number of hydrogen-bond donors (Lipinski definition) is 0. The average molecular weight is 1780 g/mol. The zero-order chi connectivity index (χ0) is 90.5. The number of furan rings is 1. The highest BCUT2D eigenvalue weighted by molar-refractivity contribution is 7.91. The molecule has 9 aromatic carbocycles. The van der Waals surface area contributed by atoms with Crippen molar-refractivity contribution in [3.63, 3.8) is 0 Å². The Morgan fingerprint density at radius 2 is 0.685 bits per heavy atom. The lowest BCUT2D eigenvalue weighted by Crippen LogP contribution is -2.21. The predicted molar refractivity (Wildman–Crippen MR) is 497 cm³/mol. The summed E-state index contributed by atoms with van der Waals surface area (Å²) in [6, 6.07) is 75.4. The molecule has 0 saturated heterocycles. The SMILES string of the molecule is CCC(C)c1ccc(OC(C)OCCCS(=O)(=O)c2ccc(C)cc2C)cc1.CCC(C)c1ccc(OC(C)OCCOS(=O)(=O)c2ccccc2)cc1.CCC(C)c1ccc(OC(C)OCCS(=O)(=O)c2ccccc2)cc1.CCC(C)c1ccc(OC(C)OCCS(=O)c2ccccc2)cc1.CCC(C)c1ccc(OC(C)OCCc2ccco2)cc1. The first-order valence-electron chi connectivity index (χ1n) is 43.2. The Hall–Kier alpha value is -8.98. The summed E-state index contributed by atoms with van der Waals surface area (Å²) in [5.41, 5.74) is 8.35. The minimum Gasteiger partial charge on any atom is -0.469 e. The number of rotatable bonds is 46. The quantitative estimate of drug-likeness (QED) is 0.0196. The third-order valence-electron chi connectivity index (χ3n) is 20.8. The molecule has 676 valence electrons. The van der Waals surface area contributed by atoms with Crippen LogP contribution in [0, 0.1) is 13.8 Å². The lowest BCUT2D eigenvalue weighted by Gasteiger charge is -2.16. The highest BCUT2D eigenvalue weighted by atomic mass is 32.2. The first-order valence-corrected chi connectivity index (χ1v) is 49.3. The van der Waals surface area contributed by atoms with Gasteiger partial charge in [-0.15, -0.1) is 0 Å². The van der Waals surface area contributed by atoms with Gasteiger partial charge in [0.25, 0.3) is 10.1 Å². The van der Waals surface area contributed by atoms with Crippen molar-refractivity contribution in [2.24, 2.45) is 0 Å². The molecule has 0 amide bonds. The van der Waals surface area contributed by atoms with Gasteiger partial charge in [-0.25, -0.2) is 16.8 Å². The first-order chi connectivity index (χ1) is 59.3. The molecule has 11 unspecified atom stereocenters. The lowest BCUT2D eigenvalue weighted by atomic mass is 9.99. The van der Waals surface area contributed by atoms with Crippen molar-refractivity contribution >= 4 is 40.6 Å². The van der Waals surface area contributed by atoms with E-state index in [1.807, 2.05) is 162 Å². The van der Waals surface area contributed by atoms with Gasteiger partial charge in [0.15, 0.2) is 51.1 Å². The van der Waals surface area contributed by atoms with Gasteiger partial charge in [-0.3, -0.25) is 8.39 Å². The molecule has 0 saturated carbocycles. The maximum atomic E-state index is 12.5. The molecule has 0 aliphatic rings. The van der Waals surface area contributed by atoms with E-state index in [2.05, 4.69) is 118 Å². The molecule has 0 radical (unpaired) electrons. The monoisotopic (exact) mass is 1780 g/mol. The Kier molecular flexibility index (Phi) is 46.4. The van der Waals surface area contributed by atoms with Crippen LogP contribution >= 0.6 is 0 Å². The van der Waals surface area contributed by atoms with E-state index in [1.165, 1.54) is 39.9 Å². The van der Waals surface area contributed by atoms with E-state index in [0.29, 0.717) is 82.9 Å². The third kappa shape index (κ3) is 38.5. The Bertz CT molecular complexity index is 4930. The third-order valence-corrected chi connectivity index (χ3v) is 27.1. The molecule has 11 atom stereocenters. The lowest BCUT2D eigenvalue weighted by molar-refractivity contribution is -0.0735. The van der Waals surface area contributed by atoms with Crippen molar-refractivity contribution in [1.29, 1.82) is 0 Å². The van der Waals surface area contributed by atoms with Gasteiger partial charge in [0.2, 0.25) is 0 Å². The summed E-state index contributed by atoms with van der Waals surface area (Å²) in [5, 5.41) is 0. The second-order valence-corrected chi connectivity index (χ2v) is 37.9. The van der Waals surface area contributed by atoms with Crippen LogP contribution in [0.5, 0.6) is 28.7 Å². The Morgan fingerprint density at radius 1 is 0.339 bits per heavy atom. The summed E-state index contributed by atoms with van der Waals surface area (Å²) in [6.07, 6.45) is 6.32. The van der Waals surface area contributed by atoms with Crippen LogP contribution in [0.2, 0.25) is 0 Å². The van der Waals surface area contributed by atoms with Crippen molar-refractivity contribution in [1.82, 2.24) is 0 Å². The molecule has 0 spiro atoms. The summed E-state index contributed by atoms with van der Waals surface area (Å²) in [5.74, 6) is 7.90. The Balaban J connectivity index is 0.000000240. The second kappa shape index (κ2) is 55.5. The molecule has 1 heterocycles. The Labute approximate surface area is 743 Å². The normalized spacial score (nSPS) is 14.1. The molecule has 124 heavy (non-hydrogen) atoms. The standard InChI is InChI=1S/C23H32O4S.C20H26O5S.C20H26O4S.C20H26O3S.C18H24O3/c1-6-18(3)21-9-11-22(12-10-21)27-20(5)26-14-7-15-28(24,25)23-13-8-17(2)16-19(23)4;1-4-16(2)18-10-12-19(13-11-18)25-17(3)23-14-15-24-26(21,22)20-8-6-5-7-9-20;1-4-16(2)18-10-12-19(13-11-18)24-17(3)23-14-15-25(21,22)20-8-6-5-7-9-20;1-4-16(2)18-10-12-19(13-11-18)23-17(3)22-14-15-24(21)20-8-6-5-7-9-20;1-4-14(2)16-7-9-18(10-8-16)21-15(3)19-13-11-17-6-5-12-20-17/h8-13,16,18,20H,6-7,14-15H2,1-5H3;5-13,16-17H,4,14-15H2,1-3H3;5-13,16-17H,4,14-15H2,1-3H3;5-13,16-17H,4,14-15H2,1-3H3;5-10,12,14-15H,4,11,13H2,1-3H3. The van der Waals surface area contributed by atoms with Crippen molar-refractivity contribution in [2.45, 2.75) is 243 Å². The smallest absolute Gasteiger partial charge is 0.297 e. The fraction of sp³-hybridized carbons (Fsp3) is 0.426. The minimum absolute atomic E-state index is 0.0627. The number of hydrogen-bond acceptors (Lipinski definition) is 19. The molecule has 10 rings (SSSR count). The van der Waals surface area contributed by atoms with Crippen molar-refractivity contribution in [3.8, 4) is 28.7 Å². The molecule has 0 fully saturated rings. The number of sulfone groups is 2. The summed E-state index contributed by atoms with van der Waals surface area (Å²) in [4.78, 5) is 1.68. The summed E-state index contributed by atoms with van der Waals surface area (Å²) < 4.78 is 152. The van der Waals surface area contributed by atoms with Crippen LogP contribution in [0.4, 0.5) is 0 Å². The van der Waals surface area contributed by atoms with Gasteiger partial charge in [-0.1, -0.05) is 202 Å². The van der Waals surface area contributed by atoms with Gasteiger partial charge in [-0.2, -0.15) is 8.42 Å². The minimum atomic E-state index is -3.75. The maximum absolute atomic E-state index is 12.5. The number of aryl methyl sites for hydroxylation is 2. The molecular weight excluding hydrogens is 1650 g/mol. The summed E-state index contributed by atoms with van der Waals surface area (Å²) >= 11 is 0. The van der Waals surface area contributed by atoms with Gasteiger partial charge in [-0.05, 0) is 265 Å². The molecule has 0 bridgehead atoms. The van der Waals surface area contributed by atoms with Crippen LogP contribution in [0.15, 0.2) is 273 Å². The topological polar surface area (TPSA) is 234 Å². The molecule has 1 aromatic heterocycles. The molecule has 23 heteroatoms. The van der Waals surface area contributed by atoms with Crippen LogP contribution in [0.3, 0.4) is 0 Å². The van der Waals surface area contributed by atoms with E-state index < -0.39 is 59.5 Å². The predicted octanol–water partition coefficient (Wildman–Crippen LogP) is 23.7. The van der Waals surface area contributed by atoms with Gasteiger partial charge >= 0.3 is 0 Å². The zero-order valence-electron chi connectivity index (χ0n) is 75.6. The van der Waals surface area contributed by atoms with Gasteiger partial charge < -0.3 is 51.8 Å². The highest BCUT2D eigenvalue weighted by Crippen LogP contribution is 2.29. The molecule has 0 aliphatic carbocycles. The Morgan fingerprint density at radius 3 is 1.05 bits per heavy atom. The van der Waals surface area contributed by atoms with Crippen LogP contribution in [0.1, 0.15) is 217 Å². The van der Waals surface area contributed by atoms with E-state index in [1.54, 1.807) is 74.7 Å². The van der Waals surface area contributed by atoms with E-state index in [0.717, 1.165) is 77.6 Å². The van der Waals surface area contributed by atoms with Gasteiger partial charge in [0.05, 0.1) is 88.6 Å². The largest absolute Gasteiger partial charge is 0.469 e. The average Bonchev–Trinajstić information content (AvgIpc) is 0.966. The summed E-state index contributed by atoms with van der Waals surface area (Å²) in [6.45, 7) is 36.2. The van der Waals surface area contributed by atoms with Crippen LogP contribution < -0.4 is 23.7 Å². The van der Waals surface area contributed by atoms with E-state index in [-0.39, 0.29) is 48.8 Å². The molecular formula is C101H134O19S4. The molecule has 19 nitrogen and oxygen atoms in total. The first kappa shape index (κ1) is 104. The molecule has 10 aromatic rings. The van der Waals surface area contributed by atoms with E-state index in [9.17, 15) is 29.5 Å².